The van der Waals surface area contributed by atoms with E-state index in [1.807, 2.05) is 0 Å². The molecule has 0 aliphatic carbocycles. The van der Waals surface area contributed by atoms with E-state index in [2.05, 4.69) is 15.3 Å². The first-order valence-corrected chi connectivity index (χ1v) is 7.08. The number of benzene rings is 1. The minimum atomic E-state index is -1.44. The zero-order valence-electron chi connectivity index (χ0n) is 13.7. The molecule has 0 unspecified atom stereocenters. The fourth-order valence-electron chi connectivity index (χ4n) is 2.22. The Labute approximate surface area is 142 Å². The summed E-state index contributed by atoms with van der Waals surface area (Å²) in [4.78, 5) is 49.7. The predicted molar refractivity (Wildman–Crippen MR) is 84.6 cm³/mol. The second kappa shape index (κ2) is 6.99. The number of imide groups is 2. The van der Waals surface area contributed by atoms with Crippen LogP contribution in [0.25, 0.3) is 0 Å². The zero-order chi connectivity index (χ0) is 18.7. The van der Waals surface area contributed by atoms with E-state index in [1.54, 1.807) is 0 Å². The number of carbonyl (C=O) groups is 4. The van der Waals surface area contributed by atoms with E-state index in [-0.39, 0.29) is 11.5 Å². The number of amides is 5. The predicted octanol–water partition coefficient (Wildman–Crippen LogP) is 0.119. The number of phenolic OH excluding ortho intramolecular Hbond substituents is 1. The topological polar surface area (TPSA) is 129 Å². The maximum atomic E-state index is 12.5. The Morgan fingerprint density at radius 3 is 2.12 bits per heavy atom. The van der Waals surface area contributed by atoms with Crippen LogP contribution in [-0.4, -0.2) is 65.8 Å². The molecule has 0 bridgehead atoms. The number of hydrogen-bond acceptors (Lipinski definition) is 7. The number of ether oxygens (including phenoxy) is 1. The fraction of sp³-hybridized carbons (Fsp3) is 0.267. The molecule has 1 aliphatic rings. The highest BCUT2D eigenvalue weighted by Crippen LogP contribution is 2.22. The van der Waals surface area contributed by atoms with Gasteiger partial charge in [-0.3, -0.25) is 19.4 Å². The number of hydrogen-bond donors (Lipinski definition) is 2. The van der Waals surface area contributed by atoms with Crippen molar-refractivity contribution in [2.75, 3.05) is 21.2 Å². The van der Waals surface area contributed by atoms with Crippen molar-refractivity contribution >= 4 is 29.7 Å². The summed E-state index contributed by atoms with van der Waals surface area (Å²) in [5.41, 5.74) is 2.27. The van der Waals surface area contributed by atoms with Crippen LogP contribution in [0.2, 0.25) is 0 Å². The summed E-state index contributed by atoms with van der Waals surface area (Å²) in [6.45, 7) is 0. The molecule has 2 rings (SSSR count). The van der Waals surface area contributed by atoms with Gasteiger partial charge in [-0.1, -0.05) is 0 Å². The van der Waals surface area contributed by atoms with Gasteiger partial charge in [0.2, 0.25) is 11.8 Å². The van der Waals surface area contributed by atoms with Gasteiger partial charge >= 0.3 is 12.1 Å². The van der Waals surface area contributed by atoms with Crippen molar-refractivity contribution in [1.29, 1.82) is 0 Å². The van der Waals surface area contributed by atoms with Gasteiger partial charge in [0, 0.05) is 14.1 Å². The maximum Gasteiger partial charge on any atom is 0.427 e. The summed E-state index contributed by atoms with van der Waals surface area (Å²) in [6.07, 6.45) is -0.898. The molecule has 0 aromatic heterocycles. The molecule has 132 valence electrons. The summed E-state index contributed by atoms with van der Waals surface area (Å²) >= 11 is 0. The van der Waals surface area contributed by atoms with Crippen LogP contribution in [0, 0.1) is 5.92 Å². The number of rotatable bonds is 3. The molecule has 10 nitrogen and oxygen atoms in total. The minimum absolute atomic E-state index is 0.0326. The normalized spacial score (nSPS) is 16.3. The molecule has 1 saturated heterocycles. The third-order valence-electron chi connectivity index (χ3n) is 3.62. The minimum Gasteiger partial charge on any atom is -0.508 e. The van der Waals surface area contributed by atoms with Crippen LogP contribution in [-0.2, 0) is 14.3 Å². The standard InChI is InChI=1S/C15H16N4O6/c1-18-12(21)10(13(22)19(2)15(18)24)11(16-17-14(23)25-3)8-4-6-9(20)7-5-8/h4-7,10,20H,1-3H3,(H,17,23)/b16-11+. The molecule has 0 radical (unpaired) electrons. The summed E-state index contributed by atoms with van der Waals surface area (Å²) < 4.78 is 4.41. The van der Waals surface area contributed by atoms with Crippen molar-refractivity contribution < 1.29 is 29.0 Å². The van der Waals surface area contributed by atoms with Crippen LogP contribution in [0.15, 0.2) is 29.4 Å². The van der Waals surface area contributed by atoms with Gasteiger partial charge in [-0.2, -0.15) is 5.10 Å². The number of phenols is 1. The average Bonchev–Trinajstić information content (AvgIpc) is 2.61. The number of hydrazone groups is 1. The molecule has 0 atom stereocenters. The molecule has 0 saturated carbocycles. The van der Waals surface area contributed by atoms with Crippen LogP contribution in [0.4, 0.5) is 9.59 Å². The number of nitrogens with one attached hydrogen (secondary N) is 1. The molecule has 5 amide bonds. The first kappa shape index (κ1) is 17.9. The highest BCUT2D eigenvalue weighted by atomic mass is 16.5. The molecular formula is C15H16N4O6. The van der Waals surface area contributed by atoms with E-state index in [0.29, 0.717) is 5.56 Å². The van der Waals surface area contributed by atoms with Gasteiger partial charge in [0.15, 0.2) is 5.92 Å². The fourth-order valence-corrected chi connectivity index (χ4v) is 2.22. The van der Waals surface area contributed by atoms with Crippen molar-refractivity contribution in [1.82, 2.24) is 15.2 Å². The number of methoxy groups -OCH3 is 1. The van der Waals surface area contributed by atoms with Crippen molar-refractivity contribution in [3.8, 4) is 5.75 Å². The first-order chi connectivity index (χ1) is 11.8. The molecule has 1 heterocycles. The number of barbiturate groups is 1. The lowest BCUT2D eigenvalue weighted by Crippen LogP contribution is -2.59. The van der Waals surface area contributed by atoms with Gasteiger partial charge in [-0.25, -0.2) is 15.0 Å². The molecule has 1 fully saturated rings. The maximum absolute atomic E-state index is 12.5. The Morgan fingerprint density at radius 1 is 1.12 bits per heavy atom. The number of urea groups is 1. The van der Waals surface area contributed by atoms with Gasteiger partial charge in [0.05, 0.1) is 12.8 Å². The highest BCUT2D eigenvalue weighted by Gasteiger charge is 2.45. The van der Waals surface area contributed by atoms with Crippen LogP contribution in [0.3, 0.4) is 0 Å². The van der Waals surface area contributed by atoms with E-state index in [4.69, 9.17) is 0 Å². The Kier molecular flexibility index (Phi) is 5.01. The molecule has 10 heteroatoms. The Bertz CT molecular complexity index is 734. The van der Waals surface area contributed by atoms with E-state index in [9.17, 15) is 24.3 Å². The van der Waals surface area contributed by atoms with E-state index >= 15 is 0 Å². The highest BCUT2D eigenvalue weighted by molar-refractivity contribution is 6.30. The molecule has 1 aromatic rings. The van der Waals surface area contributed by atoms with E-state index in [0.717, 1.165) is 16.9 Å². The van der Waals surface area contributed by atoms with Crippen molar-refractivity contribution in [3.05, 3.63) is 29.8 Å². The third-order valence-corrected chi connectivity index (χ3v) is 3.62. The van der Waals surface area contributed by atoms with Gasteiger partial charge in [-0.05, 0) is 29.8 Å². The second-order valence-corrected chi connectivity index (χ2v) is 5.16. The van der Waals surface area contributed by atoms with Gasteiger partial charge < -0.3 is 9.84 Å². The number of nitrogens with zero attached hydrogens (tertiary/aromatic N) is 3. The summed E-state index contributed by atoms with van der Waals surface area (Å²) in [7, 11) is 3.60. The van der Waals surface area contributed by atoms with Gasteiger partial charge in [0.25, 0.3) is 0 Å². The Hall–Kier alpha value is -3.43. The number of carbonyl (C=O) groups excluding carboxylic acids is 4. The molecule has 0 spiro atoms. The average molecular weight is 348 g/mol. The van der Waals surface area contributed by atoms with Crippen molar-refractivity contribution in [3.63, 3.8) is 0 Å². The van der Waals surface area contributed by atoms with Crippen LogP contribution in [0.5, 0.6) is 5.75 Å². The molecule has 1 aliphatic heterocycles. The SMILES string of the molecule is COC(=O)N/N=C(\c1ccc(O)cc1)C1C(=O)N(C)C(=O)N(C)C1=O. The molecule has 25 heavy (non-hydrogen) atoms. The van der Waals surface area contributed by atoms with Crippen molar-refractivity contribution in [2.45, 2.75) is 0 Å². The van der Waals surface area contributed by atoms with Crippen LogP contribution >= 0.6 is 0 Å². The van der Waals surface area contributed by atoms with Crippen LogP contribution in [0.1, 0.15) is 5.56 Å². The van der Waals surface area contributed by atoms with E-state index < -0.39 is 29.9 Å². The second-order valence-electron chi connectivity index (χ2n) is 5.16. The smallest absolute Gasteiger partial charge is 0.427 e. The quantitative estimate of drug-likeness (QED) is 0.453. The lowest BCUT2D eigenvalue weighted by molar-refractivity contribution is -0.144. The van der Waals surface area contributed by atoms with Gasteiger partial charge in [0.1, 0.15) is 5.75 Å². The zero-order valence-corrected chi connectivity index (χ0v) is 13.7. The van der Waals surface area contributed by atoms with Gasteiger partial charge in [-0.15, -0.1) is 0 Å². The largest absolute Gasteiger partial charge is 0.508 e. The lowest BCUT2D eigenvalue weighted by Gasteiger charge is -2.33. The summed E-state index contributed by atoms with van der Waals surface area (Å²) in [5.74, 6) is -3.04. The molecular weight excluding hydrogens is 332 g/mol. The summed E-state index contributed by atoms with van der Waals surface area (Å²) in [6, 6.07) is 4.74. The Morgan fingerprint density at radius 2 is 1.64 bits per heavy atom. The summed E-state index contributed by atoms with van der Waals surface area (Å²) in [5, 5.41) is 13.2. The monoisotopic (exact) mass is 348 g/mol. The van der Waals surface area contributed by atoms with E-state index in [1.165, 1.54) is 38.4 Å². The number of aromatic hydroxyl groups is 1. The lowest BCUT2D eigenvalue weighted by atomic mass is 9.92. The van der Waals surface area contributed by atoms with Crippen LogP contribution < -0.4 is 5.43 Å². The molecule has 1 aromatic carbocycles. The Balaban J connectivity index is 2.52. The first-order valence-electron chi connectivity index (χ1n) is 7.08. The molecule has 2 N–H and O–H groups in total. The van der Waals surface area contributed by atoms with Crippen molar-refractivity contribution in [2.24, 2.45) is 11.0 Å². The third kappa shape index (κ3) is 3.42.